The van der Waals surface area contributed by atoms with Crippen LogP contribution in [-0.2, 0) is 11.3 Å². The van der Waals surface area contributed by atoms with E-state index in [-0.39, 0.29) is 11.8 Å². The first-order valence-electron chi connectivity index (χ1n) is 5.93. The Labute approximate surface area is 101 Å². The minimum Gasteiger partial charge on any atom is -0.392 e. The second-order valence-corrected chi connectivity index (χ2v) is 4.48. The first kappa shape index (κ1) is 12.1. The molecular weight excluding hydrogens is 216 g/mol. The molecule has 1 aliphatic rings. The molecule has 0 saturated heterocycles. The summed E-state index contributed by atoms with van der Waals surface area (Å²) in [7, 11) is 0. The number of carbonyl (C=O) groups excluding carboxylic acids is 1. The van der Waals surface area contributed by atoms with Gasteiger partial charge in [-0.3, -0.25) is 4.79 Å². The Morgan fingerprint density at radius 3 is 3.12 bits per heavy atom. The Kier molecular flexibility index (Phi) is 3.76. The van der Waals surface area contributed by atoms with Gasteiger partial charge in [-0.1, -0.05) is 24.3 Å². The summed E-state index contributed by atoms with van der Waals surface area (Å²) in [6.45, 7) is 3.43. The molecule has 0 spiro atoms. The molecule has 1 aromatic carbocycles. The maximum absolute atomic E-state index is 12.0. The van der Waals surface area contributed by atoms with Gasteiger partial charge >= 0.3 is 0 Å². The smallest absolute Gasteiger partial charge is 0.228 e. The molecule has 17 heavy (non-hydrogen) atoms. The second kappa shape index (κ2) is 5.29. The topological polar surface area (TPSA) is 61.4 Å². The van der Waals surface area contributed by atoms with Crippen LogP contribution in [0.5, 0.6) is 0 Å². The highest BCUT2D eigenvalue weighted by molar-refractivity contribution is 5.84. The molecule has 2 rings (SSSR count). The number of rotatable bonds is 3. The Hall–Kier alpha value is -1.39. The zero-order valence-electron chi connectivity index (χ0n) is 9.94. The first-order valence-corrected chi connectivity index (χ1v) is 5.93. The van der Waals surface area contributed by atoms with Gasteiger partial charge in [0.25, 0.3) is 0 Å². The van der Waals surface area contributed by atoms with Crippen molar-refractivity contribution in [3.8, 4) is 0 Å². The average molecular weight is 234 g/mol. The summed E-state index contributed by atoms with van der Waals surface area (Å²) in [6, 6.07) is 7.98. The molecular formula is C13H18N2O2. The third kappa shape index (κ3) is 2.84. The van der Waals surface area contributed by atoms with Gasteiger partial charge in [-0.2, -0.15) is 0 Å². The largest absolute Gasteiger partial charge is 0.392 e. The predicted molar refractivity (Wildman–Crippen MR) is 65.6 cm³/mol. The van der Waals surface area contributed by atoms with Crippen LogP contribution in [-0.4, -0.2) is 30.2 Å². The molecule has 2 atom stereocenters. The van der Waals surface area contributed by atoms with E-state index in [1.54, 1.807) is 6.92 Å². The molecule has 1 aliphatic heterocycles. The highest BCUT2D eigenvalue weighted by atomic mass is 16.3. The summed E-state index contributed by atoms with van der Waals surface area (Å²) in [6.07, 6.45) is -0.509. The van der Waals surface area contributed by atoms with Crippen molar-refractivity contribution in [2.75, 3.05) is 13.1 Å². The summed E-state index contributed by atoms with van der Waals surface area (Å²) >= 11 is 0. The van der Waals surface area contributed by atoms with E-state index in [2.05, 4.69) is 10.6 Å². The molecule has 0 saturated carbocycles. The molecule has 1 amide bonds. The van der Waals surface area contributed by atoms with Crippen LogP contribution in [0.25, 0.3) is 0 Å². The Bertz CT molecular complexity index is 404. The summed E-state index contributed by atoms with van der Waals surface area (Å²) in [5.41, 5.74) is 2.27. The zero-order chi connectivity index (χ0) is 12.3. The molecule has 92 valence electrons. The zero-order valence-corrected chi connectivity index (χ0v) is 9.94. The van der Waals surface area contributed by atoms with E-state index >= 15 is 0 Å². The number of nitrogens with one attached hydrogen (secondary N) is 2. The van der Waals surface area contributed by atoms with E-state index in [0.29, 0.717) is 13.1 Å². The Balaban J connectivity index is 2.10. The normalized spacial score (nSPS) is 20.5. The molecule has 0 bridgehead atoms. The summed E-state index contributed by atoms with van der Waals surface area (Å²) in [5.74, 6) is -0.177. The molecule has 1 aromatic rings. The summed E-state index contributed by atoms with van der Waals surface area (Å²) < 4.78 is 0. The summed E-state index contributed by atoms with van der Waals surface area (Å²) in [4.78, 5) is 12.0. The quantitative estimate of drug-likeness (QED) is 0.708. The maximum atomic E-state index is 12.0. The molecule has 4 nitrogen and oxygen atoms in total. The van der Waals surface area contributed by atoms with Crippen molar-refractivity contribution in [2.45, 2.75) is 25.5 Å². The highest BCUT2D eigenvalue weighted by Crippen LogP contribution is 2.23. The van der Waals surface area contributed by atoms with Crippen molar-refractivity contribution in [2.24, 2.45) is 0 Å². The lowest BCUT2D eigenvalue weighted by Gasteiger charge is -2.25. The van der Waals surface area contributed by atoms with Gasteiger partial charge in [-0.05, 0) is 18.1 Å². The number of aliphatic hydroxyl groups is 1. The number of hydrogen-bond acceptors (Lipinski definition) is 3. The number of carbonyl (C=O) groups is 1. The van der Waals surface area contributed by atoms with Crippen LogP contribution < -0.4 is 10.6 Å². The van der Waals surface area contributed by atoms with E-state index < -0.39 is 6.10 Å². The molecule has 2 unspecified atom stereocenters. The van der Waals surface area contributed by atoms with Crippen molar-refractivity contribution >= 4 is 5.91 Å². The van der Waals surface area contributed by atoms with Gasteiger partial charge in [0.1, 0.15) is 0 Å². The molecule has 1 heterocycles. The Morgan fingerprint density at radius 2 is 2.35 bits per heavy atom. The average Bonchev–Trinajstić information content (AvgIpc) is 2.35. The molecule has 0 fully saturated rings. The molecule has 3 N–H and O–H groups in total. The fourth-order valence-electron chi connectivity index (χ4n) is 2.10. The standard InChI is InChI=1S/C13H18N2O2/c1-9(16)6-15-13(17)12-8-14-7-10-4-2-3-5-11(10)12/h2-5,9,12,14,16H,6-8H2,1H3,(H,15,17). The van der Waals surface area contributed by atoms with Gasteiger partial charge in [0.2, 0.25) is 5.91 Å². The Morgan fingerprint density at radius 1 is 1.59 bits per heavy atom. The SMILES string of the molecule is CC(O)CNC(=O)C1CNCc2ccccc21. The third-order valence-electron chi connectivity index (χ3n) is 2.98. The predicted octanol–water partition coefficient (Wildman–Crippen LogP) is 0.370. The van der Waals surface area contributed by atoms with Crippen LogP contribution in [0.2, 0.25) is 0 Å². The fourth-order valence-corrected chi connectivity index (χ4v) is 2.10. The van der Waals surface area contributed by atoms with Crippen LogP contribution in [0.3, 0.4) is 0 Å². The molecule has 0 aliphatic carbocycles. The lowest BCUT2D eigenvalue weighted by Crippen LogP contribution is -2.40. The number of benzene rings is 1. The number of hydrogen-bond donors (Lipinski definition) is 3. The van der Waals surface area contributed by atoms with Crippen LogP contribution in [0.1, 0.15) is 24.0 Å². The first-order chi connectivity index (χ1) is 8.18. The van der Waals surface area contributed by atoms with Gasteiger partial charge in [0.15, 0.2) is 0 Å². The van der Waals surface area contributed by atoms with Crippen LogP contribution in [0, 0.1) is 0 Å². The summed E-state index contributed by atoms with van der Waals surface area (Å²) in [5, 5.41) is 15.2. The number of aliphatic hydroxyl groups excluding tert-OH is 1. The second-order valence-electron chi connectivity index (χ2n) is 4.48. The van der Waals surface area contributed by atoms with Gasteiger partial charge in [0, 0.05) is 19.6 Å². The van der Waals surface area contributed by atoms with Crippen molar-refractivity contribution in [1.82, 2.24) is 10.6 Å². The minimum absolute atomic E-state index is 0.0226. The maximum Gasteiger partial charge on any atom is 0.228 e. The molecule has 4 heteroatoms. The van der Waals surface area contributed by atoms with Crippen molar-refractivity contribution in [3.63, 3.8) is 0 Å². The van der Waals surface area contributed by atoms with Gasteiger partial charge in [-0.25, -0.2) is 0 Å². The van der Waals surface area contributed by atoms with Gasteiger partial charge < -0.3 is 15.7 Å². The van der Waals surface area contributed by atoms with Crippen LogP contribution >= 0.6 is 0 Å². The van der Waals surface area contributed by atoms with Crippen molar-refractivity contribution in [1.29, 1.82) is 0 Å². The van der Waals surface area contributed by atoms with Gasteiger partial charge in [-0.15, -0.1) is 0 Å². The number of amides is 1. The monoisotopic (exact) mass is 234 g/mol. The van der Waals surface area contributed by atoms with E-state index in [1.807, 2.05) is 24.3 Å². The van der Waals surface area contributed by atoms with E-state index in [4.69, 9.17) is 5.11 Å². The molecule has 0 radical (unpaired) electrons. The lowest BCUT2D eigenvalue weighted by atomic mass is 9.90. The van der Waals surface area contributed by atoms with Crippen LogP contribution in [0.15, 0.2) is 24.3 Å². The lowest BCUT2D eigenvalue weighted by molar-refractivity contribution is -0.123. The minimum atomic E-state index is -0.509. The third-order valence-corrected chi connectivity index (χ3v) is 2.98. The highest BCUT2D eigenvalue weighted by Gasteiger charge is 2.25. The van der Waals surface area contributed by atoms with Crippen molar-refractivity contribution < 1.29 is 9.90 Å². The van der Waals surface area contributed by atoms with Crippen LogP contribution in [0.4, 0.5) is 0 Å². The van der Waals surface area contributed by atoms with Crippen molar-refractivity contribution in [3.05, 3.63) is 35.4 Å². The van der Waals surface area contributed by atoms with E-state index in [1.165, 1.54) is 5.56 Å². The number of fused-ring (bicyclic) bond motifs is 1. The van der Waals surface area contributed by atoms with E-state index in [9.17, 15) is 4.79 Å². The molecule has 0 aromatic heterocycles. The van der Waals surface area contributed by atoms with E-state index in [0.717, 1.165) is 12.1 Å². The van der Waals surface area contributed by atoms with Gasteiger partial charge in [0.05, 0.1) is 12.0 Å². The fraction of sp³-hybridized carbons (Fsp3) is 0.462.